The SMILES string of the molecule is CCOC(=O)[C@@](O)(/C=C/c1ccccc1)c1ccc[nH]1. The molecule has 2 N–H and O–H groups in total. The van der Waals surface area contributed by atoms with Crippen molar-refractivity contribution >= 4 is 12.0 Å². The molecular formula is C16H17NO3. The Morgan fingerprint density at radius 3 is 2.65 bits per heavy atom. The van der Waals surface area contributed by atoms with Gasteiger partial charge in [0.1, 0.15) is 0 Å². The van der Waals surface area contributed by atoms with Gasteiger partial charge in [-0.25, -0.2) is 4.79 Å². The predicted molar refractivity (Wildman–Crippen MR) is 76.8 cm³/mol. The standard InChI is InChI=1S/C16H17NO3/c1-2-20-15(18)16(19,14-9-6-12-17-14)11-10-13-7-4-3-5-8-13/h3-12,17,19H,2H2,1H3/b11-10+/t16-/m1/s1. The highest BCUT2D eigenvalue weighted by atomic mass is 16.5. The first-order valence-electron chi connectivity index (χ1n) is 6.44. The lowest BCUT2D eigenvalue weighted by molar-refractivity contribution is -0.161. The molecule has 1 atom stereocenters. The zero-order valence-corrected chi connectivity index (χ0v) is 11.2. The number of H-pyrrole nitrogens is 1. The molecule has 1 aromatic carbocycles. The molecule has 0 bridgehead atoms. The van der Waals surface area contributed by atoms with Crippen molar-refractivity contribution in [3.8, 4) is 0 Å². The molecule has 20 heavy (non-hydrogen) atoms. The molecular weight excluding hydrogens is 254 g/mol. The maximum Gasteiger partial charge on any atom is 0.348 e. The number of benzene rings is 1. The Morgan fingerprint density at radius 2 is 2.05 bits per heavy atom. The van der Waals surface area contributed by atoms with E-state index < -0.39 is 11.6 Å². The monoisotopic (exact) mass is 271 g/mol. The van der Waals surface area contributed by atoms with Gasteiger partial charge in [-0.2, -0.15) is 0 Å². The first kappa shape index (κ1) is 14.1. The number of rotatable bonds is 5. The van der Waals surface area contributed by atoms with E-state index in [-0.39, 0.29) is 6.61 Å². The fourth-order valence-electron chi connectivity index (χ4n) is 1.86. The van der Waals surface area contributed by atoms with E-state index in [9.17, 15) is 9.90 Å². The van der Waals surface area contributed by atoms with Crippen LogP contribution >= 0.6 is 0 Å². The molecule has 2 aromatic rings. The average molecular weight is 271 g/mol. The Hall–Kier alpha value is -2.33. The summed E-state index contributed by atoms with van der Waals surface area (Å²) in [5.41, 5.74) is -0.542. The Morgan fingerprint density at radius 1 is 1.30 bits per heavy atom. The smallest absolute Gasteiger partial charge is 0.348 e. The maximum absolute atomic E-state index is 12.0. The van der Waals surface area contributed by atoms with Crippen LogP contribution in [0.3, 0.4) is 0 Å². The van der Waals surface area contributed by atoms with Crippen LogP contribution < -0.4 is 0 Å². The molecule has 2 rings (SSSR count). The quantitative estimate of drug-likeness (QED) is 0.821. The summed E-state index contributed by atoms with van der Waals surface area (Å²) in [4.78, 5) is 14.9. The molecule has 0 aliphatic heterocycles. The molecule has 0 aliphatic carbocycles. The van der Waals surface area contributed by atoms with E-state index >= 15 is 0 Å². The van der Waals surface area contributed by atoms with Crippen molar-refractivity contribution in [1.82, 2.24) is 4.98 Å². The van der Waals surface area contributed by atoms with Crippen LogP contribution in [0.4, 0.5) is 0 Å². The van der Waals surface area contributed by atoms with Crippen molar-refractivity contribution in [2.45, 2.75) is 12.5 Å². The number of hydrogen-bond donors (Lipinski definition) is 2. The van der Waals surface area contributed by atoms with Crippen LogP contribution in [-0.4, -0.2) is 22.7 Å². The largest absolute Gasteiger partial charge is 0.463 e. The van der Waals surface area contributed by atoms with Crippen molar-refractivity contribution in [2.24, 2.45) is 0 Å². The summed E-state index contributed by atoms with van der Waals surface area (Å²) in [6.07, 6.45) is 4.78. The van der Waals surface area contributed by atoms with E-state index in [1.807, 2.05) is 30.3 Å². The summed E-state index contributed by atoms with van der Waals surface area (Å²) >= 11 is 0. The van der Waals surface area contributed by atoms with E-state index in [1.54, 1.807) is 31.3 Å². The van der Waals surface area contributed by atoms with Gasteiger partial charge >= 0.3 is 5.97 Å². The zero-order chi connectivity index (χ0) is 14.4. The lowest BCUT2D eigenvalue weighted by Gasteiger charge is -2.21. The summed E-state index contributed by atoms with van der Waals surface area (Å²) in [5.74, 6) is -0.699. The summed E-state index contributed by atoms with van der Waals surface area (Å²) < 4.78 is 4.96. The van der Waals surface area contributed by atoms with Crippen molar-refractivity contribution in [2.75, 3.05) is 6.61 Å². The molecule has 4 heteroatoms. The van der Waals surface area contributed by atoms with E-state index in [0.717, 1.165) is 5.56 Å². The van der Waals surface area contributed by atoms with Crippen molar-refractivity contribution in [3.05, 3.63) is 66.0 Å². The Kier molecular flexibility index (Phi) is 4.38. The number of aromatic nitrogens is 1. The number of aromatic amines is 1. The van der Waals surface area contributed by atoms with E-state index in [1.165, 1.54) is 6.08 Å². The Labute approximate surface area is 117 Å². The average Bonchev–Trinajstić information content (AvgIpc) is 3.01. The van der Waals surface area contributed by atoms with E-state index in [2.05, 4.69) is 4.98 Å². The fourth-order valence-corrected chi connectivity index (χ4v) is 1.86. The van der Waals surface area contributed by atoms with Crippen LogP contribution in [0.2, 0.25) is 0 Å². The number of nitrogens with one attached hydrogen (secondary N) is 1. The molecule has 104 valence electrons. The van der Waals surface area contributed by atoms with Crippen molar-refractivity contribution in [1.29, 1.82) is 0 Å². The third-order valence-electron chi connectivity index (χ3n) is 2.91. The molecule has 1 heterocycles. The van der Waals surface area contributed by atoms with Gasteiger partial charge in [-0.3, -0.25) is 0 Å². The first-order valence-corrected chi connectivity index (χ1v) is 6.44. The van der Waals surface area contributed by atoms with Gasteiger partial charge in [0.05, 0.1) is 12.3 Å². The molecule has 0 radical (unpaired) electrons. The minimum atomic E-state index is -1.81. The third-order valence-corrected chi connectivity index (χ3v) is 2.91. The topological polar surface area (TPSA) is 62.3 Å². The second kappa shape index (κ2) is 6.21. The number of ether oxygens (including phenoxy) is 1. The van der Waals surface area contributed by atoms with Gasteiger partial charge in [-0.1, -0.05) is 36.4 Å². The number of carbonyl (C=O) groups excluding carboxylic acids is 1. The molecule has 1 aromatic heterocycles. The first-order chi connectivity index (χ1) is 9.66. The highest BCUT2D eigenvalue weighted by Gasteiger charge is 2.37. The lowest BCUT2D eigenvalue weighted by atomic mass is 9.98. The highest BCUT2D eigenvalue weighted by Crippen LogP contribution is 2.24. The second-order valence-corrected chi connectivity index (χ2v) is 4.31. The van der Waals surface area contributed by atoms with E-state index in [0.29, 0.717) is 5.69 Å². The van der Waals surface area contributed by atoms with Gasteiger partial charge in [-0.15, -0.1) is 0 Å². The number of hydrogen-bond acceptors (Lipinski definition) is 3. The van der Waals surface area contributed by atoms with Gasteiger partial charge in [0, 0.05) is 6.20 Å². The number of esters is 1. The van der Waals surface area contributed by atoms with Gasteiger partial charge in [0.15, 0.2) is 0 Å². The van der Waals surface area contributed by atoms with Gasteiger partial charge < -0.3 is 14.8 Å². The summed E-state index contributed by atoms with van der Waals surface area (Å²) in [5, 5.41) is 10.6. The number of carbonyl (C=O) groups is 1. The molecule has 0 amide bonds. The van der Waals surface area contributed by atoms with Crippen LogP contribution in [0.25, 0.3) is 6.08 Å². The number of aliphatic hydroxyl groups is 1. The minimum absolute atomic E-state index is 0.209. The summed E-state index contributed by atoms with van der Waals surface area (Å²) in [6, 6.07) is 12.8. The van der Waals surface area contributed by atoms with E-state index in [4.69, 9.17) is 4.74 Å². The predicted octanol–water partition coefficient (Wildman–Crippen LogP) is 2.48. The van der Waals surface area contributed by atoms with Crippen LogP contribution in [0.15, 0.2) is 54.7 Å². The lowest BCUT2D eigenvalue weighted by Crippen LogP contribution is -2.35. The summed E-state index contributed by atoms with van der Waals surface area (Å²) in [7, 11) is 0. The highest BCUT2D eigenvalue weighted by molar-refractivity contribution is 5.84. The molecule has 0 saturated carbocycles. The van der Waals surface area contributed by atoms with Crippen molar-refractivity contribution < 1.29 is 14.6 Å². The van der Waals surface area contributed by atoms with Crippen LogP contribution in [0, 0.1) is 0 Å². The van der Waals surface area contributed by atoms with Gasteiger partial charge in [-0.05, 0) is 30.7 Å². The normalized spacial score (nSPS) is 14.1. The molecule has 0 fully saturated rings. The summed E-state index contributed by atoms with van der Waals surface area (Å²) in [6.45, 7) is 1.91. The minimum Gasteiger partial charge on any atom is -0.463 e. The van der Waals surface area contributed by atoms with Crippen LogP contribution in [0.5, 0.6) is 0 Å². The molecule has 4 nitrogen and oxygen atoms in total. The Balaban J connectivity index is 2.33. The molecule has 0 spiro atoms. The third kappa shape index (κ3) is 2.97. The van der Waals surface area contributed by atoms with Crippen molar-refractivity contribution in [3.63, 3.8) is 0 Å². The van der Waals surface area contributed by atoms with Crippen LogP contribution in [0.1, 0.15) is 18.2 Å². The molecule has 0 saturated heterocycles. The second-order valence-electron chi connectivity index (χ2n) is 4.31. The zero-order valence-electron chi connectivity index (χ0n) is 11.2. The molecule has 0 unspecified atom stereocenters. The van der Waals surface area contributed by atoms with Crippen LogP contribution in [-0.2, 0) is 15.1 Å². The fraction of sp³-hybridized carbons (Fsp3) is 0.188. The maximum atomic E-state index is 12.0. The van der Waals surface area contributed by atoms with Gasteiger partial charge in [0.25, 0.3) is 0 Å². The van der Waals surface area contributed by atoms with Gasteiger partial charge in [0.2, 0.25) is 5.60 Å². The Bertz CT molecular complexity index is 575. The molecule has 0 aliphatic rings.